The molecule has 0 amide bonds. The summed E-state index contributed by atoms with van der Waals surface area (Å²) in [5.41, 5.74) is 2.59. The molecule has 3 heteroatoms. The van der Waals surface area contributed by atoms with E-state index in [1.807, 2.05) is 10.9 Å². The Labute approximate surface area is 109 Å². The van der Waals surface area contributed by atoms with Crippen LogP contribution in [0.5, 0.6) is 0 Å². The number of rotatable bonds is 6. The maximum atomic E-state index is 4.29. The summed E-state index contributed by atoms with van der Waals surface area (Å²) in [7, 11) is 0. The van der Waals surface area contributed by atoms with Gasteiger partial charge in [0.2, 0.25) is 0 Å². The summed E-state index contributed by atoms with van der Waals surface area (Å²) in [5.74, 6) is 0. The second-order valence-corrected chi connectivity index (χ2v) is 4.39. The highest BCUT2D eigenvalue weighted by atomic mass is 15.3. The molecule has 96 valence electrons. The number of aryl methyl sites for hydroxylation is 1. The van der Waals surface area contributed by atoms with Crippen molar-refractivity contribution in [3.63, 3.8) is 0 Å². The molecule has 0 radical (unpaired) electrons. The summed E-state index contributed by atoms with van der Waals surface area (Å²) < 4.78 is 2.03. The van der Waals surface area contributed by atoms with Gasteiger partial charge in [-0.2, -0.15) is 5.10 Å². The molecule has 2 aromatic rings. The zero-order chi connectivity index (χ0) is 12.8. The average Bonchev–Trinajstić information content (AvgIpc) is 2.88. The SMILES string of the molecule is CCC(NCc1ccnn1CC)c1ccccc1. The number of nitrogens with one attached hydrogen (secondary N) is 1. The van der Waals surface area contributed by atoms with Crippen LogP contribution in [0.25, 0.3) is 0 Å². The number of hydrogen-bond donors (Lipinski definition) is 1. The number of aromatic nitrogens is 2. The fourth-order valence-electron chi connectivity index (χ4n) is 2.21. The molecule has 1 aromatic heterocycles. The van der Waals surface area contributed by atoms with E-state index in [0.717, 1.165) is 19.5 Å². The highest BCUT2D eigenvalue weighted by Crippen LogP contribution is 2.16. The fraction of sp³-hybridized carbons (Fsp3) is 0.400. The summed E-state index contributed by atoms with van der Waals surface area (Å²) in [4.78, 5) is 0. The van der Waals surface area contributed by atoms with Crippen molar-refractivity contribution in [2.24, 2.45) is 0 Å². The van der Waals surface area contributed by atoms with Crippen LogP contribution in [-0.2, 0) is 13.1 Å². The molecular formula is C15H21N3. The first-order valence-electron chi connectivity index (χ1n) is 6.64. The van der Waals surface area contributed by atoms with Crippen molar-refractivity contribution in [1.29, 1.82) is 0 Å². The Morgan fingerprint density at radius 1 is 1.17 bits per heavy atom. The second-order valence-electron chi connectivity index (χ2n) is 4.39. The Bertz CT molecular complexity index is 462. The van der Waals surface area contributed by atoms with Crippen LogP contribution in [0.1, 0.15) is 37.6 Å². The highest BCUT2D eigenvalue weighted by molar-refractivity contribution is 5.18. The van der Waals surface area contributed by atoms with Crippen LogP contribution in [0, 0.1) is 0 Å². The topological polar surface area (TPSA) is 29.9 Å². The van der Waals surface area contributed by atoms with Crippen LogP contribution in [-0.4, -0.2) is 9.78 Å². The van der Waals surface area contributed by atoms with Crippen molar-refractivity contribution in [1.82, 2.24) is 15.1 Å². The van der Waals surface area contributed by atoms with Crippen LogP contribution in [0.2, 0.25) is 0 Å². The molecule has 1 unspecified atom stereocenters. The van der Waals surface area contributed by atoms with Gasteiger partial charge in [0.25, 0.3) is 0 Å². The van der Waals surface area contributed by atoms with Crippen molar-refractivity contribution >= 4 is 0 Å². The van der Waals surface area contributed by atoms with E-state index < -0.39 is 0 Å². The molecule has 0 aliphatic heterocycles. The maximum absolute atomic E-state index is 4.29. The van der Waals surface area contributed by atoms with E-state index >= 15 is 0 Å². The Balaban J connectivity index is 2.00. The van der Waals surface area contributed by atoms with Gasteiger partial charge < -0.3 is 5.32 Å². The quantitative estimate of drug-likeness (QED) is 0.844. The van der Waals surface area contributed by atoms with Crippen molar-refractivity contribution < 1.29 is 0 Å². The van der Waals surface area contributed by atoms with Crippen LogP contribution in [0.3, 0.4) is 0 Å². The first-order chi connectivity index (χ1) is 8.85. The van der Waals surface area contributed by atoms with E-state index in [2.05, 4.69) is 60.7 Å². The zero-order valence-corrected chi connectivity index (χ0v) is 11.1. The number of benzene rings is 1. The van der Waals surface area contributed by atoms with Crippen LogP contribution < -0.4 is 5.32 Å². The smallest absolute Gasteiger partial charge is 0.0522 e. The predicted molar refractivity (Wildman–Crippen MR) is 74.2 cm³/mol. The first-order valence-corrected chi connectivity index (χ1v) is 6.64. The normalized spacial score (nSPS) is 12.6. The van der Waals surface area contributed by atoms with Gasteiger partial charge in [0.05, 0.1) is 5.69 Å². The molecule has 2 rings (SSSR count). The van der Waals surface area contributed by atoms with Gasteiger partial charge in [-0.15, -0.1) is 0 Å². The lowest BCUT2D eigenvalue weighted by molar-refractivity contribution is 0.494. The van der Waals surface area contributed by atoms with Gasteiger partial charge in [-0.05, 0) is 25.0 Å². The molecule has 0 aliphatic carbocycles. The lowest BCUT2D eigenvalue weighted by atomic mass is 10.0. The molecule has 1 heterocycles. The zero-order valence-electron chi connectivity index (χ0n) is 11.1. The largest absolute Gasteiger partial charge is 0.304 e. The number of hydrogen-bond acceptors (Lipinski definition) is 2. The molecule has 18 heavy (non-hydrogen) atoms. The molecule has 0 fully saturated rings. The Morgan fingerprint density at radius 2 is 1.94 bits per heavy atom. The van der Waals surface area contributed by atoms with E-state index in [9.17, 15) is 0 Å². The van der Waals surface area contributed by atoms with Crippen LogP contribution >= 0.6 is 0 Å². The summed E-state index contributed by atoms with van der Waals surface area (Å²) >= 11 is 0. The highest BCUT2D eigenvalue weighted by Gasteiger charge is 2.09. The maximum Gasteiger partial charge on any atom is 0.0522 e. The summed E-state index contributed by atoms with van der Waals surface area (Å²) in [5, 5.41) is 7.89. The van der Waals surface area contributed by atoms with Gasteiger partial charge in [0, 0.05) is 25.3 Å². The standard InChI is InChI=1S/C15H21N3/c1-3-15(13-8-6-5-7-9-13)16-12-14-10-11-17-18(14)4-2/h5-11,15-16H,3-4,12H2,1-2H3. The van der Waals surface area contributed by atoms with Gasteiger partial charge in [-0.25, -0.2) is 0 Å². The monoisotopic (exact) mass is 243 g/mol. The van der Waals surface area contributed by atoms with Gasteiger partial charge >= 0.3 is 0 Å². The molecule has 1 atom stereocenters. The van der Waals surface area contributed by atoms with Gasteiger partial charge in [0.1, 0.15) is 0 Å². The van der Waals surface area contributed by atoms with Crippen molar-refractivity contribution in [3.05, 3.63) is 53.9 Å². The van der Waals surface area contributed by atoms with E-state index in [4.69, 9.17) is 0 Å². The van der Waals surface area contributed by atoms with Crippen molar-refractivity contribution in [3.8, 4) is 0 Å². The Kier molecular flexibility index (Phi) is 4.53. The fourth-order valence-corrected chi connectivity index (χ4v) is 2.21. The molecule has 0 saturated carbocycles. The van der Waals surface area contributed by atoms with Crippen LogP contribution in [0.4, 0.5) is 0 Å². The summed E-state index contributed by atoms with van der Waals surface area (Å²) in [6, 6.07) is 13.1. The average molecular weight is 243 g/mol. The molecule has 3 nitrogen and oxygen atoms in total. The van der Waals surface area contributed by atoms with E-state index in [1.54, 1.807) is 0 Å². The number of nitrogens with zero attached hydrogens (tertiary/aromatic N) is 2. The summed E-state index contributed by atoms with van der Waals surface area (Å²) in [6.07, 6.45) is 2.95. The minimum Gasteiger partial charge on any atom is -0.304 e. The van der Waals surface area contributed by atoms with Gasteiger partial charge in [0.15, 0.2) is 0 Å². The molecule has 0 bridgehead atoms. The first kappa shape index (κ1) is 12.8. The third-order valence-corrected chi connectivity index (χ3v) is 3.24. The van der Waals surface area contributed by atoms with Gasteiger partial charge in [-0.1, -0.05) is 37.3 Å². The van der Waals surface area contributed by atoms with Gasteiger partial charge in [-0.3, -0.25) is 4.68 Å². The lowest BCUT2D eigenvalue weighted by Crippen LogP contribution is -2.22. The molecule has 0 aliphatic rings. The van der Waals surface area contributed by atoms with E-state index in [-0.39, 0.29) is 0 Å². The van der Waals surface area contributed by atoms with Crippen LogP contribution in [0.15, 0.2) is 42.6 Å². The second kappa shape index (κ2) is 6.36. The predicted octanol–water partition coefficient (Wildman–Crippen LogP) is 3.14. The summed E-state index contributed by atoms with van der Waals surface area (Å²) in [6.45, 7) is 6.11. The molecule has 0 spiro atoms. The molecule has 1 N–H and O–H groups in total. The van der Waals surface area contributed by atoms with E-state index in [0.29, 0.717) is 6.04 Å². The van der Waals surface area contributed by atoms with Crippen molar-refractivity contribution in [2.45, 2.75) is 39.4 Å². The third kappa shape index (κ3) is 2.99. The van der Waals surface area contributed by atoms with E-state index in [1.165, 1.54) is 11.3 Å². The molecule has 1 aromatic carbocycles. The molecular weight excluding hydrogens is 222 g/mol. The minimum absolute atomic E-state index is 0.409. The Hall–Kier alpha value is -1.61. The lowest BCUT2D eigenvalue weighted by Gasteiger charge is -2.17. The van der Waals surface area contributed by atoms with Crippen molar-refractivity contribution in [2.75, 3.05) is 0 Å². The third-order valence-electron chi connectivity index (χ3n) is 3.24. The minimum atomic E-state index is 0.409. The Morgan fingerprint density at radius 3 is 2.61 bits per heavy atom. The molecule has 0 saturated heterocycles.